The van der Waals surface area contributed by atoms with Crippen LogP contribution in [0.25, 0.3) is 11.0 Å². The van der Waals surface area contributed by atoms with E-state index in [-0.39, 0.29) is 39.1 Å². The van der Waals surface area contributed by atoms with Crippen molar-refractivity contribution in [3.8, 4) is 11.5 Å². The normalized spacial score (nSPS) is 11.8. The summed E-state index contributed by atoms with van der Waals surface area (Å²) in [6, 6.07) is 2.78. The number of aliphatic carboxylic acids is 1. The van der Waals surface area contributed by atoms with Gasteiger partial charge in [-0.1, -0.05) is 0 Å². The first kappa shape index (κ1) is 19.8. The van der Waals surface area contributed by atoms with Gasteiger partial charge in [-0.05, 0) is 6.92 Å². The van der Waals surface area contributed by atoms with Crippen LogP contribution in [0.15, 0.2) is 21.3 Å². The maximum absolute atomic E-state index is 12.1. The highest BCUT2D eigenvalue weighted by molar-refractivity contribution is 7.98. The van der Waals surface area contributed by atoms with Crippen LogP contribution in [0.5, 0.6) is 11.5 Å². The molecule has 0 aliphatic heterocycles. The number of hydrogen-bond acceptors (Lipinski definition) is 7. The van der Waals surface area contributed by atoms with Crippen molar-refractivity contribution in [2.45, 2.75) is 18.8 Å². The van der Waals surface area contributed by atoms with E-state index in [0.29, 0.717) is 17.1 Å². The predicted octanol–water partition coefficient (Wildman–Crippen LogP) is 0.670. The second-order valence-corrected chi connectivity index (χ2v) is 5.90. The number of thioether (sulfide) groups is 1. The molecule has 0 fully saturated rings. The monoisotopic (exact) mass is 358 g/mol. The number of aliphatic hydroxyl groups is 1. The largest absolute Gasteiger partial charge is 0.507 e. The van der Waals surface area contributed by atoms with Crippen LogP contribution in [-0.2, 0) is 10.5 Å². The highest BCUT2D eigenvalue weighted by Gasteiger charge is 2.19. The molecule has 9 heteroatoms. The number of aryl methyl sites for hydroxylation is 1. The molecule has 2 rings (SSSR count). The lowest BCUT2D eigenvalue weighted by Crippen LogP contribution is -2.21. The summed E-state index contributed by atoms with van der Waals surface area (Å²) < 4.78 is 10.6. The quantitative estimate of drug-likeness (QED) is 0.682. The van der Waals surface area contributed by atoms with E-state index in [1.165, 1.54) is 19.2 Å². The molecule has 1 atom stereocenters. The van der Waals surface area contributed by atoms with Crippen molar-refractivity contribution in [3.05, 3.63) is 33.7 Å². The molecule has 0 unspecified atom stereocenters. The minimum atomic E-state index is -1.50. The molecule has 0 amide bonds. The Bertz CT molecular complexity index is 798. The minimum absolute atomic E-state index is 0. The van der Waals surface area contributed by atoms with Crippen molar-refractivity contribution < 1.29 is 34.7 Å². The van der Waals surface area contributed by atoms with Gasteiger partial charge in [0.15, 0.2) is 11.5 Å². The average Bonchev–Trinajstić information content (AvgIpc) is 2.47. The van der Waals surface area contributed by atoms with Gasteiger partial charge < -0.3 is 29.9 Å². The molecule has 24 heavy (non-hydrogen) atoms. The van der Waals surface area contributed by atoms with E-state index in [2.05, 4.69) is 0 Å². The number of methoxy groups -OCH3 is 1. The number of carbonyl (C=O) groups is 1. The van der Waals surface area contributed by atoms with Gasteiger partial charge in [-0.3, -0.25) is 4.79 Å². The second kappa shape index (κ2) is 8.04. The van der Waals surface area contributed by atoms with Gasteiger partial charge in [-0.15, -0.1) is 0 Å². The van der Waals surface area contributed by atoms with E-state index in [1.54, 1.807) is 6.92 Å². The molecule has 0 aliphatic rings. The Morgan fingerprint density at radius 2 is 2.08 bits per heavy atom. The Labute approximate surface area is 141 Å². The first-order chi connectivity index (χ1) is 10.8. The Morgan fingerprint density at radius 3 is 2.67 bits per heavy atom. The Balaban J connectivity index is 0.00000288. The molecular formula is C15H18O8S. The molecule has 0 spiro atoms. The van der Waals surface area contributed by atoms with Gasteiger partial charge in [0.05, 0.1) is 7.11 Å². The Morgan fingerprint density at radius 1 is 1.42 bits per heavy atom. The molecule has 1 heterocycles. The van der Waals surface area contributed by atoms with E-state index in [4.69, 9.17) is 14.3 Å². The van der Waals surface area contributed by atoms with E-state index in [1.807, 2.05) is 0 Å². The Kier molecular flexibility index (Phi) is 6.64. The predicted molar refractivity (Wildman–Crippen MR) is 88.9 cm³/mol. The smallest absolute Gasteiger partial charge is 0.333 e. The summed E-state index contributed by atoms with van der Waals surface area (Å²) >= 11 is 1.10. The van der Waals surface area contributed by atoms with Crippen LogP contribution >= 0.6 is 11.8 Å². The standard InChI is InChI=1S/C15H16O7S.H2O/c1-7-3-9(16)13-12(22-7)4-11(21-2)8(14(13)18)5-23-6-10(17)15(19)20;/h3-4,10,17-18H,5-6H2,1-2H3,(H,19,20);1H2/t10-;/m1./s1. The zero-order chi connectivity index (χ0) is 17.1. The first-order valence-electron chi connectivity index (χ1n) is 6.67. The van der Waals surface area contributed by atoms with Crippen molar-refractivity contribution in [3.63, 3.8) is 0 Å². The van der Waals surface area contributed by atoms with Gasteiger partial charge in [0.2, 0.25) is 0 Å². The zero-order valence-electron chi connectivity index (χ0n) is 13.0. The fourth-order valence-electron chi connectivity index (χ4n) is 2.11. The molecule has 2 aromatic rings. The molecular weight excluding hydrogens is 340 g/mol. The molecule has 0 radical (unpaired) electrons. The second-order valence-electron chi connectivity index (χ2n) is 4.87. The van der Waals surface area contributed by atoms with E-state index in [9.17, 15) is 19.8 Å². The number of carboxylic acids is 1. The third-order valence-electron chi connectivity index (χ3n) is 3.21. The highest BCUT2D eigenvalue weighted by Crippen LogP contribution is 2.37. The Hall–Kier alpha value is -2.23. The number of hydrogen-bond donors (Lipinski definition) is 3. The fraction of sp³-hybridized carbons (Fsp3) is 0.333. The first-order valence-corrected chi connectivity index (χ1v) is 7.82. The molecule has 0 aliphatic carbocycles. The van der Waals surface area contributed by atoms with Crippen molar-refractivity contribution in [1.82, 2.24) is 0 Å². The summed E-state index contributed by atoms with van der Waals surface area (Å²) in [7, 11) is 1.41. The summed E-state index contributed by atoms with van der Waals surface area (Å²) in [6.07, 6.45) is -1.50. The van der Waals surface area contributed by atoms with Gasteiger partial charge in [-0.25, -0.2) is 4.79 Å². The van der Waals surface area contributed by atoms with Crippen LogP contribution in [0, 0.1) is 6.92 Å². The van der Waals surface area contributed by atoms with Crippen LogP contribution in [0.3, 0.4) is 0 Å². The van der Waals surface area contributed by atoms with Crippen LogP contribution in [0.1, 0.15) is 11.3 Å². The number of carboxylic acid groups (broad SMARTS) is 1. The van der Waals surface area contributed by atoms with Gasteiger partial charge in [0.25, 0.3) is 0 Å². The number of aliphatic hydroxyl groups excluding tert-OH is 1. The van der Waals surface area contributed by atoms with Crippen LogP contribution in [0.4, 0.5) is 0 Å². The van der Waals surface area contributed by atoms with Crippen molar-refractivity contribution >= 4 is 28.7 Å². The zero-order valence-corrected chi connectivity index (χ0v) is 13.8. The van der Waals surface area contributed by atoms with E-state index >= 15 is 0 Å². The minimum Gasteiger partial charge on any atom is -0.507 e. The number of aromatic hydroxyl groups is 1. The third kappa shape index (κ3) is 3.99. The number of fused-ring (bicyclic) bond motifs is 1. The topological polar surface area (TPSA) is 149 Å². The molecule has 0 bridgehead atoms. The molecule has 1 aromatic carbocycles. The summed E-state index contributed by atoms with van der Waals surface area (Å²) in [5.41, 5.74) is 0.183. The van der Waals surface area contributed by atoms with Crippen molar-refractivity contribution in [1.29, 1.82) is 0 Å². The third-order valence-corrected chi connectivity index (χ3v) is 4.25. The number of ether oxygens (including phenoxy) is 1. The maximum Gasteiger partial charge on any atom is 0.333 e. The molecule has 1 aromatic heterocycles. The SMILES string of the molecule is COc1cc2oc(C)cc(=O)c2c(O)c1CSC[C@@H](O)C(=O)O.O. The summed E-state index contributed by atoms with van der Waals surface area (Å²) in [4.78, 5) is 22.7. The van der Waals surface area contributed by atoms with Gasteiger partial charge in [-0.2, -0.15) is 11.8 Å². The summed E-state index contributed by atoms with van der Waals surface area (Å²) in [6.45, 7) is 1.63. The van der Waals surface area contributed by atoms with Gasteiger partial charge >= 0.3 is 5.97 Å². The van der Waals surface area contributed by atoms with Crippen LogP contribution in [-0.4, -0.2) is 45.7 Å². The molecule has 0 saturated carbocycles. The van der Waals surface area contributed by atoms with Gasteiger partial charge in [0.1, 0.15) is 28.2 Å². The lowest BCUT2D eigenvalue weighted by Gasteiger charge is -2.13. The molecule has 0 saturated heterocycles. The number of benzene rings is 1. The van der Waals surface area contributed by atoms with E-state index < -0.39 is 12.1 Å². The summed E-state index contributed by atoms with van der Waals surface area (Å²) in [5.74, 6) is -0.730. The lowest BCUT2D eigenvalue weighted by molar-refractivity contribution is -0.145. The average molecular weight is 358 g/mol. The highest BCUT2D eigenvalue weighted by atomic mass is 32.2. The molecule has 132 valence electrons. The number of phenols is 1. The number of phenolic OH excluding ortho intramolecular Hbond substituents is 1. The van der Waals surface area contributed by atoms with Crippen LogP contribution < -0.4 is 10.2 Å². The van der Waals surface area contributed by atoms with Crippen LogP contribution in [0.2, 0.25) is 0 Å². The fourth-order valence-corrected chi connectivity index (χ4v) is 3.07. The maximum atomic E-state index is 12.1. The number of rotatable bonds is 6. The van der Waals surface area contributed by atoms with Gasteiger partial charge in [0, 0.05) is 29.2 Å². The van der Waals surface area contributed by atoms with Crippen molar-refractivity contribution in [2.75, 3.05) is 12.9 Å². The molecule has 5 N–H and O–H groups in total. The van der Waals surface area contributed by atoms with Crippen molar-refractivity contribution in [2.24, 2.45) is 0 Å². The lowest BCUT2D eigenvalue weighted by atomic mass is 10.1. The summed E-state index contributed by atoms with van der Waals surface area (Å²) in [5, 5.41) is 28.3. The molecule has 8 nitrogen and oxygen atoms in total. The van der Waals surface area contributed by atoms with E-state index in [0.717, 1.165) is 11.8 Å².